The van der Waals surface area contributed by atoms with Crippen molar-refractivity contribution in [2.45, 2.75) is 13.3 Å². The van der Waals surface area contributed by atoms with Gasteiger partial charge in [0, 0.05) is 38.6 Å². The number of hydrogen-bond donors (Lipinski definition) is 0. The summed E-state index contributed by atoms with van der Waals surface area (Å²) in [6, 6.07) is 69.1. The van der Waals surface area contributed by atoms with Gasteiger partial charge in [0.25, 0.3) is 0 Å². The molecule has 1 aliphatic rings. The quantitative estimate of drug-likeness (QED) is 0.171. The Balaban J connectivity index is 1.17. The first-order valence-electron chi connectivity index (χ1n) is 21.0. The number of rotatable bonds is 5. The van der Waals surface area contributed by atoms with E-state index < -0.39 is 0 Å². The molecule has 1 unspecified atom stereocenters. The van der Waals surface area contributed by atoms with Crippen LogP contribution in [0, 0.1) is 5.92 Å². The average Bonchev–Trinajstić information content (AvgIpc) is 3.85. The standard InChI is InChI=1S/C57H39N3O/c1-36-29-31-49(58-57(42-22-13-21-39(33-42)37-15-3-2-4-16-37)59-55(36)46-26-14-20-38-17-7-8-23-43(38)46)54-51(32-30-47-45-25-10-12-28-53(45)61-56(47)54)60-50-27-11-9-24-44(50)48-34-40-18-5-6-19-41(40)35-52(48)60/h2-28,30-36H,29H2,1H3/b49-31+,58-57-,59-55+. The fourth-order valence-electron chi connectivity index (χ4n) is 9.47. The maximum absolute atomic E-state index is 6.97. The molecule has 0 spiro atoms. The van der Waals surface area contributed by atoms with Crippen LogP contribution in [0.5, 0.6) is 0 Å². The highest BCUT2D eigenvalue weighted by molar-refractivity contribution is 6.20. The molecule has 0 bridgehead atoms. The number of nitrogens with zero attached hydrogens (tertiary/aromatic N) is 3. The average molecular weight is 782 g/mol. The highest BCUT2D eigenvalue weighted by Gasteiger charge is 2.26. The van der Waals surface area contributed by atoms with Crippen LogP contribution in [-0.2, 0) is 0 Å². The molecule has 0 saturated carbocycles. The topological polar surface area (TPSA) is 42.8 Å². The van der Waals surface area contributed by atoms with Crippen molar-refractivity contribution >= 4 is 82.5 Å². The van der Waals surface area contributed by atoms with E-state index in [1.54, 1.807) is 0 Å². The van der Waals surface area contributed by atoms with E-state index in [4.69, 9.17) is 14.4 Å². The van der Waals surface area contributed by atoms with E-state index >= 15 is 0 Å². The van der Waals surface area contributed by atoms with E-state index in [1.165, 1.54) is 32.3 Å². The number of allylic oxidation sites excluding steroid dienone is 1. The molecule has 0 radical (unpaired) electrons. The lowest BCUT2D eigenvalue weighted by molar-refractivity contribution is 0.667. The Bertz CT molecular complexity index is 3630. The molecule has 4 heteroatoms. The van der Waals surface area contributed by atoms with Gasteiger partial charge < -0.3 is 8.98 Å². The minimum absolute atomic E-state index is 0.0709. The molecule has 3 heterocycles. The lowest BCUT2D eigenvalue weighted by Gasteiger charge is -2.21. The maximum atomic E-state index is 6.97. The first-order valence-corrected chi connectivity index (χ1v) is 21.0. The Hall–Kier alpha value is -7.82. The third-order valence-electron chi connectivity index (χ3n) is 12.4. The van der Waals surface area contributed by atoms with Gasteiger partial charge in [-0.3, -0.25) is 0 Å². The fourth-order valence-corrected chi connectivity index (χ4v) is 9.47. The molecule has 0 fully saturated rings. The summed E-state index contributed by atoms with van der Waals surface area (Å²) in [4.78, 5) is 11.4. The molecule has 0 N–H and O–H groups in total. The number of hydrogen-bond acceptors (Lipinski definition) is 3. The lowest BCUT2D eigenvalue weighted by atomic mass is 9.90. The minimum atomic E-state index is 0.0709. The molecule has 9 aromatic carbocycles. The van der Waals surface area contributed by atoms with Gasteiger partial charge in [0.2, 0.25) is 0 Å². The fraction of sp³-hybridized carbons (Fsp3) is 0.0526. The summed E-state index contributed by atoms with van der Waals surface area (Å²) in [5.74, 6) is 0.729. The Morgan fingerprint density at radius 3 is 2.03 bits per heavy atom. The Morgan fingerprint density at radius 2 is 1.16 bits per heavy atom. The zero-order chi connectivity index (χ0) is 40.4. The van der Waals surface area contributed by atoms with E-state index in [0.717, 1.165) is 84.3 Å². The molecule has 61 heavy (non-hydrogen) atoms. The monoisotopic (exact) mass is 781 g/mol. The van der Waals surface area contributed by atoms with E-state index in [9.17, 15) is 0 Å². The van der Waals surface area contributed by atoms with Crippen LogP contribution >= 0.6 is 0 Å². The van der Waals surface area contributed by atoms with Crippen LogP contribution in [-0.4, -0.2) is 16.1 Å². The molecule has 1 atom stereocenters. The van der Waals surface area contributed by atoms with Gasteiger partial charge in [-0.2, -0.15) is 0 Å². The van der Waals surface area contributed by atoms with Gasteiger partial charge >= 0.3 is 0 Å². The second-order valence-corrected chi connectivity index (χ2v) is 16.1. The first kappa shape index (κ1) is 35.2. The Kier molecular flexibility index (Phi) is 8.17. The Labute approximate surface area is 353 Å². The number of furan rings is 1. The summed E-state index contributed by atoms with van der Waals surface area (Å²) in [7, 11) is 0. The molecule has 1 aliphatic heterocycles. The molecule has 288 valence electrons. The van der Waals surface area contributed by atoms with Gasteiger partial charge in [0.05, 0.1) is 33.7 Å². The summed E-state index contributed by atoms with van der Waals surface area (Å²) >= 11 is 0. The molecule has 0 saturated heterocycles. The molecule has 0 amide bonds. The second kappa shape index (κ2) is 14.2. The molecule has 2 aromatic heterocycles. The SMILES string of the molecule is CC1C/C=C(c2c(-n3c4ccccc4c4cc5ccccc5cc43)ccc3c2oc2ccccc23)/N=C(c2cccc(-c3ccccc3)c2)\N=C/1c1cccc2ccccc12. The minimum Gasteiger partial charge on any atom is -0.455 e. The van der Waals surface area contributed by atoms with Gasteiger partial charge in [0.15, 0.2) is 5.84 Å². The molecular weight excluding hydrogens is 743 g/mol. The second-order valence-electron chi connectivity index (χ2n) is 16.1. The van der Waals surface area contributed by atoms with Crippen molar-refractivity contribution in [2.75, 3.05) is 0 Å². The zero-order valence-corrected chi connectivity index (χ0v) is 33.6. The molecule has 0 aliphatic carbocycles. The number of aliphatic imine (C=N–C) groups is 2. The van der Waals surface area contributed by atoms with Gasteiger partial charge in [-0.05, 0) is 81.6 Å². The van der Waals surface area contributed by atoms with E-state index in [0.29, 0.717) is 5.84 Å². The van der Waals surface area contributed by atoms with Crippen LogP contribution in [0.15, 0.2) is 215 Å². The third kappa shape index (κ3) is 5.83. The predicted octanol–water partition coefficient (Wildman–Crippen LogP) is 15.0. The van der Waals surface area contributed by atoms with Crippen molar-refractivity contribution in [1.82, 2.24) is 4.57 Å². The largest absolute Gasteiger partial charge is 0.455 e. The molecule has 12 rings (SSSR count). The van der Waals surface area contributed by atoms with Crippen LogP contribution in [0.4, 0.5) is 0 Å². The van der Waals surface area contributed by atoms with Crippen molar-refractivity contribution < 1.29 is 4.42 Å². The zero-order valence-electron chi connectivity index (χ0n) is 33.6. The lowest BCUT2D eigenvalue weighted by Crippen LogP contribution is -2.17. The molecular formula is C57H39N3O. The van der Waals surface area contributed by atoms with Crippen LogP contribution in [0.25, 0.3) is 87.8 Å². The predicted molar refractivity (Wildman–Crippen MR) is 256 cm³/mol. The normalized spacial score (nSPS) is 17.3. The van der Waals surface area contributed by atoms with Gasteiger partial charge in [-0.1, -0.05) is 165 Å². The number of benzene rings is 9. The van der Waals surface area contributed by atoms with Crippen LogP contribution in [0.2, 0.25) is 0 Å². The summed E-state index contributed by atoms with van der Waals surface area (Å²) in [6.45, 7) is 2.29. The number of para-hydroxylation sites is 2. The Morgan fingerprint density at radius 1 is 0.492 bits per heavy atom. The van der Waals surface area contributed by atoms with Crippen LogP contribution in [0.1, 0.15) is 30.0 Å². The highest BCUT2D eigenvalue weighted by atomic mass is 16.3. The van der Waals surface area contributed by atoms with E-state index in [1.807, 2.05) is 6.07 Å². The van der Waals surface area contributed by atoms with Gasteiger partial charge in [-0.25, -0.2) is 9.98 Å². The highest BCUT2D eigenvalue weighted by Crippen LogP contribution is 2.43. The summed E-state index contributed by atoms with van der Waals surface area (Å²) in [5, 5.41) is 9.33. The van der Waals surface area contributed by atoms with Crippen molar-refractivity contribution in [1.29, 1.82) is 0 Å². The van der Waals surface area contributed by atoms with Gasteiger partial charge in [-0.15, -0.1) is 0 Å². The van der Waals surface area contributed by atoms with Crippen molar-refractivity contribution in [2.24, 2.45) is 15.9 Å². The van der Waals surface area contributed by atoms with Crippen LogP contribution < -0.4 is 0 Å². The molecule has 4 nitrogen and oxygen atoms in total. The van der Waals surface area contributed by atoms with Crippen molar-refractivity contribution in [3.8, 4) is 16.8 Å². The van der Waals surface area contributed by atoms with E-state index in [2.05, 4.69) is 206 Å². The van der Waals surface area contributed by atoms with Crippen molar-refractivity contribution in [3.05, 3.63) is 217 Å². The third-order valence-corrected chi connectivity index (χ3v) is 12.4. The molecule has 11 aromatic rings. The number of aromatic nitrogens is 1. The summed E-state index contributed by atoms with van der Waals surface area (Å²) in [6.07, 6.45) is 3.05. The van der Waals surface area contributed by atoms with E-state index in [-0.39, 0.29) is 5.92 Å². The first-order chi connectivity index (χ1) is 30.2. The van der Waals surface area contributed by atoms with Gasteiger partial charge in [0.1, 0.15) is 11.2 Å². The maximum Gasteiger partial charge on any atom is 0.160 e. The smallest absolute Gasteiger partial charge is 0.160 e. The number of amidine groups is 1. The summed E-state index contributed by atoms with van der Waals surface area (Å²) in [5.41, 5.74) is 12.0. The van der Waals surface area contributed by atoms with Crippen LogP contribution in [0.3, 0.4) is 0 Å². The van der Waals surface area contributed by atoms with Crippen molar-refractivity contribution in [3.63, 3.8) is 0 Å². The number of fused-ring (bicyclic) bond motifs is 8. The summed E-state index contributed by atoms with van der Waals surface area (Å²) < 4.78 is 9.38.